The van der Waals surface area contributed by atoms with E-state index < -0.39 is 0 Å². The second kappa shape index (κ2) is 5.15. The summed E-state index contributed by atoms with van der Waals surface area (Å²) < 4.78 is 0. The number of hydrogen-bond donors (Lipinski definition) is 2. The third-order valence-corrected chi connectivity index (χ3v) is 3.71. The van der Waals surface area contributed by atoms with Gasteiger partial charge in [-0.05, 0) is 36.6 Å². The van der Waals surface area contributed by atoms with Gasteiger partial charge in [-0.2, -0.15) is 0 Å². The molecule has 1 fully saturated rings. The number of rotatable bonds is 5. The molecule has 0 spiro atoms. The molecule has 0 aliphatic heterocycles. The van der Waals surface area contributed by atoms with Crippen LogP contribution in [0.15, 0.2) is 30.5 Å². The van der Waals surface area contributed by atoms with Gasteiger partial charge in [-0.25, -0.2) is 0 Å². The molecule has 0 unspecified atom stereocenters. The average molecular weight is 257 g/mol. The van der Waals surface area contributed by atoms with E-state index in [4.69, 9.17) is 5.73 Å². The molecule has 4 nitrogen and oxygen atoms in total. The number of aliphatic hydroxyl groups excluding tert-OH is 1. The van der Waals surface area contributed by atoms with Crippen LogP contribution in [0.2, 0.25) is 0 Å². The highest BCUT2D eigenvalue weighted by molar-refractivity contribution is 5.92. The second-order valence-electron chi connectivity index (χ2n) is 5.14. The van der Waals surface area contributed by atoms with Gasteiger partial charge >= 0.3 is 0 Å². The van der Waals surface area contributed by atoms with E-state index in [1.165, 1.54) is 18.4 Å². The molecule has 1 aromatic heterocycles. The molecule has 0 saturated heterocycles. The number of nitrogens with zero attached hydrogens (tertiary/aromatic N) is 2. The summed E-state index contributed by atoms with van der Waals surface area (Å²) >= 11 is 0. The maximum absolute atomic E-state index is 9.17. The fourth-order valence-corrected chi connectivity index (χ4v) is 2.56. The van der Waals surface area contributed by atoms with Crippen molar-refractivity contribution in [3.63, 3.8) is 0 Å². The van der Waals surface area contributed by atoms with Gasteiger partial charge in [0, 0.05) is 36.4 Å². The van der Waals surface area contributed by atoms with Gasteiger partial charge in [-0.1, -0.05) is 6.07 Å². The molecule has 1 aromatic carbocycles. The minimum atomic E-state index is 0.205. The van der Waals surface area contributed by atoms with Crippen molar-refractivity contribution in [3.8, 4) is 0 Å². The fraction of sp³-hybridized carbons (Fsp3) is 0.400. The van der Waals surface area contributed by atoms with Gasteiger partial charge in [-0.3, -0.25) is 9.88 Å². The molecular weight excluding hydrogens is 238 g/mol. The Labute approximate surface area is 112 Å². The number of fused-ring (bicyclic) bond motifs is 1. The lowest BCUT2D eigenvalue weighted by Gasteiger charge is -2.21. The van der Waals surface area contributed by atoms with Crippen molar-refractivity contribution in [2.45, 2.75) is 25.4 Å². The maximum Gasteiger partial charge on any atom is 0.0767 e. The third kappa shape index (κ3) is 2.55. The highest BCUT2D eigenvalue weighted by atomic mass is 16.3. The van der Waals surface area contributed by atoms with E-state index in [1.807, 2.05) is 18.2 Å². The van der Waals surface area contributed by atoms with Gasteiger partial charge in [0.15, 0.2) is 0 Å². The predicted molar refractivity (Wildman–Crippen MR) is 76.7 cm³/mol. The fourth-order valence-electron chi connectivity index (χ4n) is 2.56. The summed E-state index contributed by atoms with van der Waals surface area (Å²) in [5, 5.41) is 10.2. The first-order valence-electron chi connectivity index (χ1n) is 6.76. The Morgan fingerprint density at radius 3 is 2.89 bits per heavy atom. The van der Waals surface area contributed by atoms with E-state index in [9.17, 15) is 5.11 Å². The summed E-state index contributed by atoms with van der Waals surface area (Å²) in [6.07, 6.45) is 4.28. The molecule has 2 aromatic rings. The topological polar surface area (TPSA) is 62.4 Å². The lowest BCUT2D eigenvalue weighted by molar-refractivity contribution is 0.184. The van der Waals surface area contributed by atoms with Crippen molar-refractivity contribution < 1.29 is 5.11 Å². The molecule has 3 rings (SSSR count). The molecule has 0 radical (unpaired) electrons. The summed E-state index contributed by atoms with van der Waals surface area (Å²) in [7, 11) is 0. The average Bonchev–Trinajstić information content (AvgIpc) is 3.26. The van der Waals surface area contributed by atoms with Gasteiger partial charge in [0.1, 0.15) is 0 Å². The Hall–Kier alpha value is -1.65. The minimum Gasteiger partial charge on any atom is -0.398 e. The Bertz CT molecular complexity index is 581. The van der Waals surface area contributed by atoms with Crippen molar-refractivity contribution >= 4 is 16.6 Å². The molecule has 100 valence electrons. The Kier molecular flexibility index (Phi) is 3.36. The van der Waals surface area contributed by atoms with Gasteiger partial charge in [0.25, 0.3) is 0 Å². The zero-order valence-corrected chi connectivity index (χ0v) is 10.9. The van der Waals surface area contributed by atoms with Gasteiger partial charge in [0.2, 0.25) is 0 Å². The summed E-state index contributed by atoms with van der Waals surface area (Å²) in [4.78, 5) is 6.80. The first-order valence-corrected chi connectivity index (χ1v) is 6.76. The molecule has 4 heteroatoms. The van der Waals surface area contributed by atoms with Crippen LogP contribution in [0.5, 0.6) is 0 Å². The standard InChI is InChI=1S/C15H19N3O/c16-14-6-3-11(15-13(14)2-1-7-17-15)10-18(8-9-19)12-4-5-12/h1-3,6-7,12,19H,4-5,8-10,16H2. The lowest BCUT2D eigenvalue weighted by Crippen LogP contribution is -2.28. The second-order valence-corrected chi connectivity index (χ2v) is 5.14. The third-order valence-electron chi connectivity index (χ3n) is 3.71. The van der Waals surface area contributed by atoms with E-state index in [0.717, 1.165) is 29.7 Å². The summed E-state index contributed by atoms with van der Waals surface area (Å²) in [5.41, 5.74) is 8.93. The van der Waals surface area contributed by atoms with E-state index in [2.05, 4.69) is 16.0 Å². The lowest BCUT2D eigenvalue weighted by atomic mass is 10.1. The number of hydrogen-bond acceptors (Lipinski definition) is 4. The zero-order chi connectivity index (χ0) is 13.2. The molecule has 0 bridgehead atoms. The van der Waals surface area contributed by atoms with E-state index in [0.29, 0.717) is 6.04 Å². The molecule has 19 heavy (non-hydrogen) atoms. The van der Waals surface area contributed by atoms with Crippen LogP contribution < -0.4 is 5.73 Å². The summed E-state index contributed by atoms with van der Waals surface area (Å²) in [5.74, 6) is 0. The van der Waals surface area contributed by atoms with Crippen molar-refractivity contribution in [2.75, 3.05) is 18.9 Å². The number of aliphatic hydroxyl groups is 1. The summed E-state index contributed by atoms with van der Waals surface area (Å²) in [6, 6.07) is 8.55. The van der Waals surface area contributed by atoms with Gasteiger partial charge in [-0.15, -0.1) is 0 Å². The largest absolute Gasteiger partial charge is 0.398 e. The maximum atomic E-state index is 9.17. The van der Waals surface area contributed by atoms with Crippen LogP contribution in [-0.4, -0.2) is 34.2 Å². The molecule has 1 saturated carbocycles. The number of anilines is 1. The Morgan fingerprint density at radius 2 is 2.16 bits per heavy atom. The zero-order valence-electron chi connectivity index (χ0n) is 10.9. The van der Waals surface area contributed by atoms with Crippen molar-refractivity contribution in [3.05, 3.63) is 36.0 Å². The van der Waals surface area contributed by atoms with Gasteiger partial charge < -0.3 is 10.8 Å². The Balaban J connectivity index is 1.93. The number of pyridine rings is 1. The van der Waals surface area contributed by atoms with Crippen LogP contribution in [0.3, 0.4) is 0 Å². The smallest absolute Gasteiger partial charge is 0.0767 e. The van der Waals surface area contributed by atoms with Crippen molar-refractivity contribution in [1.29, 1.82) is 0 Å². The monoisotopic (exact) mass is 257 g/mol. The Morgan fingerprint density at radius 1 is 1.32 bits per heavy atom. The highest BCUT2D eigenvalue weighted by Crippen LogP contribution is 2.30. The van der Waals surface area contributed by atoms with Crippen LogP contribution in [0, 0.1) is 0 Å². The number of nitrogens with two attached hydrogens (primary N) is 1. The minimum absolute atomic E-state index is 0.205. The van der Waals surface area contributed by atoms with Crippen LogP contribution in [0.25, 0.3) is 10.9 Å². The molecule has 3 N–H and O–H groups in total. The van der Waals surface area contributed by atoms with Crippen molar-refractivity contribution in [2.24, 2.45) is 0 Å². The first kappa shape index (κ1) is 12.4. The van der Waals surface area contributed by atoms with Crippen LogP contribution >= 0.6 is 0 Å². The predicted octanol–water partition coefficient (Wildman–Crippen LogP) is 1.77. The van der Waals surface area contributed by atoms with Crippen LogP contribution in [-0.2, 0) is 6.54 Å². The first-order chi connectivity index (χ1) is 9.29. The molecule has 0 atom stereocenters. The molecule has 1 heterocycles. The highest BCUT2D eigenvalue weighted by Gasteiger charge is 2.28. The van der Waals surface area contributed by atoms with Gasteiger partial charge in [0.05, 0.1) is 12.1 Å². The molecule has 1 aliphatic carbocycles. The van der Waals surface area contributed by atoms with E-state index >= 15 is 0 Å². The molecular formula is C15H19N3O. The normalized spacial score (nSPS) is 15.3. The number of aromatic nitrogens is 1. The van der Waals surface area contributed by atoms with Crippen LogP contribution in [0.1, 0.15) is 18.4 Å². The van der Waals surface area contributed by atoms with E-state index in [1.54, 1.807) is 6.20 Å². The summed E-state index contributed by atoms with van der Waals surface area (Å²) in [6.45, 7) is 1.76. The SMILES string of the molecule is Nc1ccc(CN(CCO)C2CC2)c2ncccc12. The van der Waals surface area contributed by atoms with Crippen molar-refractivity contribution in [1.82, 2.24) is 9.88 Å². The van der Waals surface area contributed by atoms with Crippen LogP contribution in [0.4, 0.5) is 5.69 Å². The number of benzene rings is 1. The quantitative estimate of drug-likeness (QED) is 0.801. The number of nitrogen functional groups attached to an aromatic ring is 1. The van der Waals surface area contributed by atoms with E-state index in [-0.39, 0.29) is 6.61 Å². The molecule has 0 amide bonds. The molecule has 1 aliphatic rings.